The first-order chi connectivity index (χ1) is 59.0. The molecule has 16 nitrogen and oxygen atoms in total. The maximum absolute atomic E-state index is 9.31. The molecule has 4 heterocycles. The van der Waals surface area contributed by atoms with Crippen LogP contribution in [-0.2, 0) is 80.4 Å². The summed E-state index contributed by atoms with van der Waals surface area (Å²) in [5, 5.41) is 69.3. The Hall–Kier alpha value is -10.1. The van der Waals surface area contributed by atoms with Gasteiger partial charge in [0.15, 0.2) is 0 Å². The molecular weight excluding hydrogens is 2320 g/mol. The van der Waals surface area contributed by atoms with Gasteiger partial charge in [0, 0.05) is 128 Å². The molecule has 0 saturated heterocycles. The van der Waals surface area contributed by atoms with E-state index in [1.165, 1.54) is 101 Å². The Morgan fingerprint density at radius 2 is 0.651 bits per heavy atom. The van der Waals surface area contributed by atoms with Gasteiger partial charge in [0.25, 0.3) is 0 Å². The van der Waals surface area contributed by atoms with Gasteiger partial charge in [0.05, 0.1) is 82.0 Å². The molecule has 4 unspecified atom stereocenters. The van der Waals surface area contributed by atoms with Gasteiger partial charge in [-0.15, -0.1) is 140 Å². The molecule has 0 amide bonds. The van der Waals surface area contributed by atoms with E-state index in [4.69, 9.17) is 40.6 Å². The molecular formula is C109H126Ir4N8O8-4. The standard InChI is InChI=1S/C24H19N2.C21H21N2.2C20H19N2.C9H18O2.3C5H10O2.4Ir/c1-17-13-18(2)15-21(14-17)24-25-16-22(19-9-5-3-6-10-19)23(26-24)20-11-7-4-8-12-20;1-13-6-14(2)9-18(8-13)20-17(5)21(23-12-22-20)19-10-15(3)7-16(4)11-19;1-13-5-14(2)8-17(7-13)19-11-21-20(22-12-19)18-9-15(3)6-16(4)10-18;1-13-7-14(2)10-17(9-13)19-5-6-21-20(22-19)18-11-15(3)8-16(4)12-18;1-6(2)8(10)5-9(11)7(3)4;3*1-4(6)3-5(2)7;;;;/h3-14,16H,1-2H3;6-10,12H,1-5H3;5-9,11-12H,1-4H3;5-11H,1-4H3;5-8,10-11H,1-4H3;3*3-4,6-7H,1-2H3;;;;/q4*-1;;;;;;;;. The predicted molar refractivity (Wildman–Crippen MR) is 514 cm³/mol. The Balaban J connectivity index is 0.000000519. The molecule has 4 atom stereocenters. The minimum atomic E-state index is -0.537. The van der Waals surface area contributed by atoms with E-state index in [-0.39, 0.29) is 115 Å². The van der Waals surface area contributed by atoms with Crippen LogP contribution >= 0.6 is 0 Å². The first-order valence-electron chi connectivity index (χ1n) is 42.0. The van der Waals surface area contributed by atoms with E-state index in [2.05, 4.69) is 265 Å². The molecule has 13 rings (SSSR count). The zero-order valence-electron chi connectivity index (χ0n) is 78.8. The maximum atomic E-state index is 9.31. The summed E-state index contributed by atoms with van der Waals surface area (Å²) in [6.07, 6.45) is 12.6. The molecule has 129 heavy (non-hydrogen) atoms. The molecule has 0 bridgehead atoms. The van der Waals surface area contributed by atoms with Gasteiger partial charge < -0.3 is 40.9 Å². The number of aliphatic hydroxyl groups is 8. The first kappa shape index (κ1) is 115. The zero-order valence-corrected chi connectivity index (χ0v) is 88.4. The zero-order chi connectivity index (χ0) is 92.5. The van der Waals surface area contributed by atoms with E-state index < -0.39 is 24.4 Å². The normalized spacial score (nSPS) is 11.8. The monoisotopic (exact) mass is 2450 g/mol. The third kappa shape index (κ3) is 40.8. The average Bonchev–Trinajstić information content (AvgIpc) is 0.809. The molecule has 9 aromatic carbocycles. The summed E-state index contributed by atoms with van der Waals surface area (Å²) >= 11 is 0. The number of aromatic nitrogens is 8. The molecule has 20 heteroatoms. The fourth-order valence-electron chi connectivity index (χ4n) is 13.5. The number of hydrogen-bond donors (Lipinski definition) is 8. The van der Waals surface area contributed by atoms with Gasteiger partial charge in [0.2, 0.25) is 0 Å². The maximum Gasteiger partial charge on any atom is 0.106 e. The number of rotatable bonds is 15. The van der Waals surface area contributed by atoms with Crippen molar-refractivity contribution in [2.24, 2.45) is 11.8 Å². The second-order valence-corrected chi connectivity index (χ2v) is 32.7. The summed E-state index contributed by atoms with van der Waals surface area (Å²) in [6, 6.07) is 72.3. The Kier molecular flexibility index (Phi) is 50.9. The van der Waals surface area contributed by atoms with E-state index in [9.17, 15) is 10.2 Å². The van der Waals surface area contributed by atoms with Crippen LogP contribution in [0.4, 0.5) is 0 Å². The first-order valence-corrected chi connectivity index (χ1v) is 42.0. The Morgan fingerprint density at radius 1 is 0.310 bits per heavy atom. The van der Waals surface area contributed by atoms with Crippen molar-refractivity contribution in [1.29, 1.82) is 0 Å². The third-order valence-corrected chi connectivity index (χ3v) is 18.5. The second kappa shape index (κ2) is 57.2. The van der Waals surface area contributed by atoms with Crippen molar-refractivity contribution < 1.29 is 121 Å². The van der Waals surface area contributed by atoms with Crippen LogP contribution in [0.3, 0.4) is 0 Å². The van der Waals surface area contributed by atoms with Gasteiger partial charge in [-0.3, -0.25) is 34.9 Å². The predicted octanol–water partition coefficient (Wildman–Crippen LogP) is 25.3. The minimum absolute atomic E-state index is 0. The number of aryl methyl sites for hydroxylation is 14. The largest absolute Gasteiger partial charge is 0.513 e. The molecule has 4 radical (unpaired) electrons. The molecule has 690 valence electrons. The van der Waals surface area contributed by atoms with Gasteiger partial charge in [-0.1, -0.05) is 207 Å². The third-order valence-electron chi connectivity index (χ3n) is 18.5. The van der Waals surface area contributed by atoms with Crippen molar-refractivity contribution in [2.45, 2.75) is 198 Å². The number of aliphatic hydroxyl groups excluding tert-OH is 8. The molecule has 0 aliphatic carbocycles. The molecule has 0 aliphatic rings. The van der Waals surface area contributed by atoms with Crippen molar-refractivity contribution in [1.82, 2.24) is 39.9 Å². The van der Waals surface area contributed by atoms with Gasteiger partial charge in [-0.2, -0.15) is 0 Å². The van der Waals surface area contributed by atoms with Crippen LogP contribution in [0.1, 0.15) is 153 Å². The van der Waals surface area contributed by atoms with Crippen LogP contribution < -0.4 is 0 Å². The number of allylic oxidation sites excluding steroid dienone is 4. The van der Waals surface area contributed by atoms with Crippen molar-refractivity contribution in [2.75, 3.05) is 0 Å². The van der Waals surface area contributed by atoms with Crippen LogP contribution in [0.5, 0.6) is 0 Å². The number of nitrogens with zero attached hydrogens (tertiary/aromatic N) is 8. The second-order valence-electron chi connectivity index (χ2n) is 32.7. The summed E-state index contributed by atoms with van der Waals surface area (Å²) in [5.74, 6) is 3.17. The summed E-state index contributed by atoms with van der Waals surface area (Å²) in [7, 11) is 0. The van der Waals surface area contributed by atoms with Crippen molar-refractivity contribution in [3.05, 3.63) is 356 Å². The van der Waals surface area contributed by atoms with Crippen LogP contribution in [0.2, 0.25) is 0 Å². The fourth-order valence-corrected chi connectivity index (χ4v) is 13.5. The van der Waals surface area contributed by atoms with Crippen molar-refractivity contribution in [3.8, 4) is 101 Å². The van der Waals surface area contributed by atoms with Gasteiger partial charge >= 0.3 is 0 Å². The molecule has 13 aromatic rings. The summed E-state index contributed by atoms with van der Waals surface area (Å²) in [6.45, 7) is 48.2. The van der Waals surface area contributed by atoms with Gasteiger partial charge in [-0.25, -0.2) is 4.98 Å². The SMILES string of the molecule is CC(C)C(O)=CC(O)C(C)C.CC(O)=CC(C)O.CC(O)=CC(C)O.CC(O)=CC(C)O.Cc1[c-]c(-c2ncc(-c3cc(C)cc(C)c3)cn2)cc(C)c1.Cc1[c-]c(-c2ncc(-c3ccccc3)c(-c3ccccc3)n2)cc(C)c1.Cc1[c-]c(-c2nccc(-c3cc(C)cc(C)c3)n2)cc(C)c1.Cc1[c-]c(-c2ncnc(-c3cc(C)cc(C)c3)c2C)cc(C)c1.[Ir].[Ir].[Ir].[Ir]. The molecule has 0 spiro atoms. The van der Waals surface area contributed by atoms with Crippen LogP contribution in [0, 0.1) is 140 Å². The van der Waals surface area contributed by atoms with E-state index in [1.54, 1.807) is 27.1 Å². The Labute approximate surface area is 821 Å². The Bertz CT molecular complexity index is 5390. The smallest absolute Gasteiger partial charge is 0.106 e. The average molecular weight is 2450 g/mol. The molecule has 4 aromatic heterocycles. The summed E-state index contributed by atoms with van der Waals surface area (Å²) in [5.41, 5.74) is 33.2. The van der Waals surface area contributed by atoms with Crippen LogP contribution in [-0.4, -0.2) is 105 Å². The van der Waals surface area contributed by atoms with Gasteiger partial charge in [0.1, 0.15) is 6.33 Å². The van der Waals surface area contributed by atoms with E-state index in [1.807, 2.05) is 116 Å². The van der Waals surface area contributed by atoms with E-state index in [0.29, 0.717) is 5.82 Å². The minimum Gasteiger partial charge on any atom is -0.513 e. The molecule has 0 aliphatic heterocycles. The summed E-state index contributed by atoms with van der Waals surface area (Å²) < 4.78 is 0. The summed E-state index contributed by atoms with van der Waals surface area (Å²) in [4.78, 5) is 36.8. The molecule has 0 saturated carbocycles. The quantitative estimate of drug-likeness (QED) is 0.0350. The number of benzene rings is 9. The fraction of sp³-hybridized carbons (Fsp3) is 0.284. The van der Waals surface area contributed by atoms with E-state index >= 15 is 0 Å². The molecule has 0 fully saturated rings. The van der Waals surface area contributed by atoms with Crippen LogP contribution in [0.15, 0.2) is 248 Å². The molecule has 8 N–H and O–H groups in total. The van der Waals surface area contributed by atoms with Crippen LogP contribution in [0.25, 0.3) is 101 Å². The van der Waals surface area contributed by atoms with Crippen molar-refractivity contribution in [3.63, 3.8) is 0 Å². The van der Waals surface area contributed by atoms with Gasteiger partial charge in [-0.05, 0) is 184 Å². The number of hydrogen-bond acceptors (Lipinski definition) is 16. The Morgan fingerprint density at radius 3 is 1.02 bits per heavy atom. The van der Waals surface area contributed by atoms with E-state index in [0.717, 1.165) is 123 Å². The topological polar surface area (TPSA) is 265 Å². The van der Waals surface area contributed by atoms with Crippen molar-refractivity contribution >= 4 is 0 Å².